The van der Waals surface area contributed by atoms with E-state index in [1.807, 2.05) is 24.3 Å². The first-order valence-electron chi connectivity index (χ1n) is 5.52. The predicted molar refractivity (Wildman–Crippen MR) is 74.0 cm³/mol. The van der Waals surface area contributed by atoms with Crippen LogP contribution < -0.4 is 5.73 Å². The molecule has 2 N–H and O–H groups in total. The molecule has 1 aromatic carbocycles. The van der Waals surface area contributed by atoms with E-state index in [1.54, 1.807) is 17.9 Å². The van der Waals surface area contributed by atoms with Crippen LogP contribution in [0.5, 0.6) is 0 Å². The Morgan fingerprint density at radius 1 is 1.26 bits per heavy atom. The predicted octanol–water partition coefficient (Wildman–Crippen LogP) is 2.48. The Kier molecular flexibility index (Phi) is 2.83. The standard InChI is InChI=1S/C12H10BrN5O/c1-18-10(14)9(6-15-18)12-16-11(17-19-12)7-2-4-8(13)5-3-7/h2-6H,14H2,1H3. The molecule has 3 rings (SSSR count). The van der Waals surface area contributed by atoms with E-state index in [1.165, 1.54) is 0 Å². The first-order valence-corrected chi connectivity index (χ1v) is 6.32. The largest absolute Gasteiger partial charge is 0.383 e. The van der Waals surface area contributed by atoms with Crippen LogP contribution in [-0.2, 0) is 7.05 Å². The van der Waals surface area contributed by atoms with Gasteiger partial charge in [0.2, 0.25) is 5.82 Å². The second-order valence-electron chi connectivity index (χ2n) is 4.00. The molecule has 19 heavy (non-hydrogen) atoms. The average molecular weight is 320 g/mol. The van der Waals surface area contributed by atoms with Gasteiger partial charge in [-0.05, 0) is 24.3 Å². The zero-order chi connectivity index (χ0) is 13.4. The SMILES string of the molecule is Cn1ncc(-c2nc(-c3ccc(Br)cc3)no2)c1N. The van der Waals surface area contributed by atoms with E-state index in [0.29, 0.717) is 23.1 Å². The molecule has 0 amide bonds. The highest BCUT2D eigenvalue weighted by molar-refractivity contribution is 9.10. The van der Waals surface area contributed by atoms with Crippen LogP contribution in [0.4, 0.5) is 5.82 Å². The smallest absolute Gasteiger partial charge is 0.263 e. The highest BCUT2D eigenvalue weighted by Gasteiger charge is 2.15. The molecule has 0 saturated heterocycles. The van der Waals surface area contributed by atoms with E-state index >= 15 is 0 Å². The van der Waals surface area contributed by atoms with E-state index in [-0.39, 0.29) is 0 Å². The van der Waals surface area contributed by atoms with Gasteiger partial charge in [-0.3, -0.25) is 4.68 Å². The zero-order valence-corrected chi connectivity index (χ0v) is 11.6. The van der Waals surface area contributed by atoms with E-state index in [9.17, 15) is 0 Å². The van der Waals surface area contributed by atoms with Gasteiger partial charge in [0.05, 0.1) is 6.20 Å². The van der Waals surface area contributed by atoms with Crippen molar-refractivity contribution in [3.63, 3.8) is 0 Å². The van der Waals surface area contributed by atoms with Crippen LogP contribution >= 0.6 is 15.9 Å². The lowest BCUT2D eigenvalue weighted by Gasteiger charge is -1.94. The number of nitrogens with zero attached hydrogens (tertiary/aromatic N) is 4. The van der Waals surface area contributed by atoms with Crippen molar-refractivity contribution in [2.75, 3.05) is 5.73 Å². The summed E-state index contributed by atoms with van der Waals surface area (Å²) in [5.74, 6) is 1.38. The van der Waals surface area contributed by atoms with Crippen molar-refractivity contribution in [1.29, 1.82) is 0 Å². The Balaban J connectivity index is 2.00. The van der Waals surface area contributed by atoms with Crippen LogP contribution in [0.25, 0.3) is 22.8 Å². The summed E-state index contributed by atoms with van der Waals surface area (Å²) < 4.78 is 7.77. The Morgan fingerprint density at radius 3 is 2.63 bits per heavy atom. The summed E-state index contributed by atoms with van der Waals surface area (Å²) in [6, 6.07) is 7.66. The van der Waals surface area contributed by atoms with Crippen molar-refractivity contribution in [3.8, 4) is 22.8 Å². The number of halogens is 1. The van der Waals surface area contributed by atoms with E-state index in [2.05, 4.69) is 31.2 Å². The topological polar surface area (TPSA) is 82.8 Å². The molecular formula is C12H10BrN5O. The van der Waals surface area contributed by atoms with Crippen LogP contribution in [0, 0.1) is 0 Å². The summed E-state index contributed by atoms with van der Waals surface area (Å²) in [5, 5.41) is 7.99. The van der Waals surface area contributed by atoms with Crippen LogP contribution in [-0.4, -0.2) is 19.9 Å². The van der Waals surface area contributed by atoms with Gasteiger partial charge in [-0.25, -0.2) is 0 Å². The molecule has 2 heterocycles. The summed E-state index contributed by atoms with van der Waals surface area (Å²) in [4.78, 5) is 4.33. The van der Waals surface area contributed by atoms with Gasteiger partial charge in [-0.15, -0.1) is 0 Å². The molecule has 6 nitrogen and oxygen atoms in total. The maximum atomic E-state index is 5.87. The first-order chi connectivity index (χ1) is 9.15. The molecule has 0 aliphatic rings. The molecule has 0 radical (unpaired) electrons. The van der Waals surface area contributed by atoms with Crippen LogP contribution in [0.3, 0.4) is 0 Å². The summed E-state index contributed by atoms with van der Waals surface area (Å²) in [7, 11) is 1.75. The number of nitrogens with two attached hydrogens (primary N) is 1. The minimum Gasteiger partial charge on any atom is -0.383 e. The van der Waals surface area contributed by atoms with Gasteiger partial charge in [0.1, 0.15) is 11.4 Å². The fourth-order valence-corrected chi connectivity index (χ4v) is 1.93. The molecule has 0 spiro atoms. The zero-order valence-electron chi connectivity index (χ0n) is 10.0. The van der Waals surface area contributed by atoms with Crippen molar-refractivity contribution < 1.29 is 4.52 Å². The number of aryl methyl sites for hydroxylation is 1. The van der Waals surface area contributed by atoms with Gasteiger partial charge in [0, 0.05) is 17.1 Å². The second kappa shape index (κ2) is 4.51. The fourth-order valence-electron chi connectivity index (χ4n) is 1.66. The summed E-state index contributed by atoms with van der Waals surface area (Å²) in [6.45, 7) is 0. The monoisotopic (exact) mass is 319 g/mol. The van der Waals surface area contributed by atoms with Crippen molar-refractivity contribution >= 4 is 21.7 Å². The summed E-state index contributed by atoms with van der Waals surface area (Å²) in [5.41, 5.74) is 7.38. The maximum Gasteiger partial charge on any atom is 0.263 e. The minimum absolute atomic E-state index is 0.364. The molecule has 2 aromatic heterocycles. The van der Waals surface area contributed by atoms with E-state index in [4.69, 9.17) is 10.3 Å². The average Bonchev–Trinajstić information content (AvgIpc) is 2.99. The van der Waals surface area contributed by atoms with Gasteiger partial charge in [-0.2, -0.15) is 10.1 Å². The van der Waals surface area contributed by atoms with E-state index in [0.717, 1.165) is 10.0 Å². The van der Waals surface area contributed by atoms with Crippen LogP contribution in [0.2, 0.25) is 0 Å². The molecule has 0 aliphatic heterocycles. The van der Waals surface area contributed by atoms with Crippen molar-refractivity contribution in [2.45, 2.75) is 0 Å². The molecule has 0 aliphatic carbocycles. The van der Waals surface area contributed by atoms with Crippen molar-refractivity contribution in [2.24, 2.45) is 7.05 Å². The maximum absolute atomic E-state index is 5.87. The summed E-state index contributed by atoms with van der Waals surface area (Å²) in [6.07, 6.45) is 1.61. The molecule has 0 fully saturated rings. The highest BCUT2D eigenvalue weighted by Crippen LogP contribution is 2.26. The highest BCUT2D eigenvalue weighted by atomic mass is 79.9. The first kappa shape index (κ1) is 11.9. The molecule has 3 aromatic rings. The van der Waals surface area contributed by atoms with Gasteiger partial charge in [0.15, 0.2) is 0 Å². The Labute approximate surface area is 117 Å². The molecule has 96 valence electrons. The Morgan fingerprint density at radius 2 is 2.00 bits per heavy atom. The number of anilines is 1. The molecule has 7 heteroatoms. The third-order valence-corrected chi connectivity index (χ3v) is 3.27. The third-order valence-electron chi connectivity index (χ3n) is 2.74. The lowest BCUT2D eigenvalue weighted by atomic mass is 10.2. The Hall–Kier alpha value is -2.15. The van der Waals surface area contributed by atoms with Crippen molar-refractivity contribution in [1.82, 2.24) is 19.9 Å². The van der Waals surface area contributed by atoms with Gasteiger partial charge in [0.25, 0.3) is 5.89 Å². The fraction of sp³-hybridized carbons (Fsp3) is 0.0833. The van der Waals surface area contributed by atoms with Gasteiger partial charge in [-0.1, -0.05) is 21.1 Å². The number of hydrogen-bond donors (Lipinski definition) is 1. The van der Waals surface area contributed by atoms with Crippen LogP contribution in [0.1, 0.15) is 0 Å². The molecule has 0 saturated carbocycles. The quantitative estimate of drug-likeness (QED) is 0.784. The molecular weight excluding hydrogens is 310 g/mol. The number of rotatable bonds is 2. The lowest BCUT2D eigenvalue weighted by molar-refractivity contribution is 0.432. The normalized spacial score (nSPS) is 10.8. The van der Waals surface area contributed by atoms with Crippen molar-refractivity contribution in [3.05, 3.63) is 34.9 Å². The second-order valence-corrected chi connectivity index (χ2v) is 4.91. The molecule has 0 atom stereocenters. The molecule has 0 bridgehead atoms. The lowest BCUT2D eigenvalue weighted by Crippen LogP contribution is -1.98. The van der Waals surface area contributed by atoms with Crippen LogP contribution in [0.15, 0.2) is 39.5 Å². The molecule has 0 unspecified atom stereocenters. The summed E-state index contributed by atoms with van der Waals surface area (Å²) >= 11 is 3.38. The Bertz CT molecular complexity index is 716. The number of hydrogen-bond acceptors (Lipinski definition) is 5. The van der Waals surface area contributed by atoms with E-state index < -0.39 is 0 Å². The number of nitrogen functional groups attached to an aromatic ring is 1. The third kappa shape index (κ3) is 2.12. The number of benzene rings is 1. The van der Waals surface area contributed by atoms with Gasteiger partial charge < -0.3 is 10.3 Å². The minimum atomic E-state index is 0.364. The number of aromatic nitrogens is 4. The van der Waals surface area contributed by atoms with Gasteiger partial charge >= 0.3 is 0 Å².